The van der Waals surface area contributed by atoms with Gasteiger partial charge in [-0.25, -0.2) is 13.1 Å². The maximum Gasteiger partial charge on any atom is 0.240 e. The van der Waals surface area contributed by atoms with Crippen LogP contribution >= 0.6 is 0 Å². The lowest BCUT2D eigenvalue weighted by molar-refractivity contribution is 0.0712. The summed E-state index contributed by atoms with van der Waals surface area (Å²) in [4.78, 5) is 0.228. The van der Waals surface area contributed by atoms with Crippen molar-refractivity contribution in [2.75, 3.05) is 5.73 Å². The Kier molecular flexibility index (Phi) is 4.21. The van der Waals surface area contributed by atoms with E-state index in [1.807, 2.05) is 32.0 Å². The predicted molar refractivity (Wildman–Crippen MR) is 105 cm³/mol. The molecular formula is C19H22N4O3S. The molecule has 0 spiro atoms. The van der Waals surface area contributed by atoms with Gasteiger partial charge in [0.05, 0.1) is 16.5 Å². The highest BCUT2D eigenvalue weighted by molar-refractivity contribution is 7.89. The molecule has 1 saturated carbocycles. The Labute approximate surface area is 157 Å². The number of nitrogens with one attached hydrogen (secondary N) is 2. The predicted octanol–water partition coefficient (Wildman–Crippen LogP) is 2.23. The molecule has 142 valence electrons. The molecular weight excluding hydrogens is 364 g/mol. The summed E-state index contributed by atoms with van der Waals surface area (Å²) in [7, 11) is -3.60. The molecule has 7 nitrogen and oxygen atoms in total. The topological polar surface area (TPSA) is 121 Å². The van der Waals surface area contributed by atoms with Gasteiger partial charge in [-0.3, -0.25) is 5.10 Å². The molecule has 0 aliphatic heterocycles. The summed E-state index contributed by atoms with van der Waals surface area (Å²) >= 11 is 0. The smallest absolute Gasteiger partial charge is 0.240 e. The van der Waals surface area contributed by atoms with E-state index < -0.39 is 16.1 Å². The Balaban J connectivity index is 1.70. The van der Waals surface area contributed by atoms with Gasteiger partial charge in [-0.1, -0.05) is 12.1 Å². The Hall–Kier alpha value is -2.42. The first-order valence-corrected chi connectivity index (χ1v) is 10.3. The van der Waals surface area contributed by atoms with Crippen molar-refractivity contribution in [3.63, 3.8) is 0 Å². The van der Waals surface area contributed by atoms with E-state index >= 15 is 0 Å². The quantitative estimate of drug-likeness (QED) is 0.548. The first kappa shape index (κ1) is 18.0. The molecule has 0 radical (unpaired) electrons. The largest absolute Gasteiger partial charge is 0.393 e. The first-order valence-electron chi connectivity index (χ1n) is 8.81. The van der Waals surface area contributed by atoms with Crippen LogP contribution in [0.3, 0.4) is 0 Å². The van der Waals surface area contributed by atoms with Gasteiger partial charge >= 0.3 is 0 Å². The van der Waals surface area contributed by atoms with Crippen molar-refractivity contribution in [3.8, 4) is 11.1 Å². The SMILES string of the molecule is Cc1cc(S(=O)(=O)NC2CC(O)C2)ccc1-c1ccc2[nH]nc(N)c2c1C. The van der Waals surface area contributed by atoms with Gasteiger partial charge < -0.3 is 10.8 Å². The molecule has 0 bridgehead atoms. The summed E-state index contributed by atoms with van der Waals surface area (Å²) in [6, 6.07) is 8.83. The lowest BCUT2D eigenvalue weighted by Gasteiger charge is -2.31. The molecule has 0 saturated heterocycles. The molecule has 0 unspecified atom stereocenters. The Morgan fingerprint density at radius 2 is 1.89 bits per heavy atom. The minimum Gasteiger partial charge on any atom is -0.393 e. The van der Waals surface area contributed by atoms with Crippen LogP contribution in [0, 0.1) is 13.8 Å². The highest BCUT2D eigenvalue weighted by atomic mass is 32.2. The van der Waals surface area contributed by atoms with Crippen LogP contribution in [0.5, 0.6) is 0 Å². The lowest BCUT2D eigenvalue weighted by atomic mass is 9.91. The summed E-state index contributed by atoms with van der Waals surface area (Å²) in [5, 5.41) is 17.2. The van der Waals surface area contributed by atoms with Crippen LogP contribution in [-0.4, -0.2) is 35.9 Å². The molecule has 0 amide bonds. The average molecular weight is 386 g/mol. The number of hydrogen-bond acceptors (Lipinski definition) is 5. The molecule has 5 N–H and O–H groups in total. The molecule has 1 fully saturated rings. The summed E-state index contributed by atoms with van der Waals surface area (Å²) in [6.07, 6.45) is 0.513. The summed E-state index contributed by atoms with van der Waals surface area (Å²) < 4.78 is 27.8. The van der Waals surface area contributed by atoms with Crippen molar-refractivity contribution in [1.29, 1.82) is 0 Å². The lowest BCUT2D eigenvalue weighted by Crippen LogP contribution is -2.46. The monoisotopic (exact) mass is 386 g/mol. The zero-order valence-corrected chi connectivity index (χ0v) is 16.0. The zero-order valence-electron chi connectivity index (χ0n) is 15.2. The summed E-state index contributed by atoms with van der Waals surface area (Å²) in [5.74, 6) is 0.452. The Morgan fingerprint density at radius 3 is 2.56 bits per heavy atom. The molecule has 8 heteroatoms. The van der Waals surface area contributed by atoms with E-state index in [0.717, 1.165) is 33.2 Å². The van der Waals surface area contributed by atoms with Gasteiger partial charge in [-0.05, 0) is 67.1 Å². The number of H-pyrrole nitrogens is 1. The van der Waals surface area contributed by atoms with E-state index in [9.17, 15) is 13.5 Å². The van der Waals surface area contributed by atoms with Gasteiger partial charge in [0.25, 0.3) is 0 Å². The number of aliphatic hydroxyl groups is 1. The molecule has 27 heavy (non-hydrogen) atoms. The van der Waals surface area contributed by atoms with E-state index in [-0.39, 0.29) is 10.9 Å². The molecule has 0 atom stereocenters. The molecule has 4 rings (SSSR count). The van der Waals surface area contributed by atoms with Crippen molar-refractivity contribution in [3.05, 3.63) is 41.5 Å². The van der Waals surface area contributed by atoms with Crippen LogP contribution in [0.15, 0.2) is 35.2 Å². The molecule has 1 heterocycles. The third kappa shape index (κ3) is 3.09. The number of aliphatic hydroxyl groups excluding tert-OH is 1. The van der Waals surface area contributed by atoms with E-state index in [1.165, 1.54) is 0 Å². The van der Waals surface area contributed by atoms with E-state index in [0.29, 0.717) is 18.7 Å². The minimum atomic E-state index is -3.60. The van der Waals surface area contributed by atoms with Gasteiger partial charge in [0.15, 0.2) is 5.82 Å². The highest BCUT2D eigenvalue weighted by Gasteiger charge is 2.31. The molecule has 3 aromatic rings. The number of sulfonamides is 1. The van der Waals surface area contributed by atoms with Gasteiger partial charge in [0.1, 0.15) is 0 Å². The van der Waals surface area contributed by atoms with E-state index in [2.05, 4.69) is 14.9 Å². The highest BCUT2D eigenvalue weighted by Crippen LogP contribution is 2.34. The van der Waals surface area contributed by atoms with Crippen LogP contribution in [0.25, 0.3) is 22.0 Å². The molecule has 1 aliphatic rings. The van der Waals surface area contributed by atoms with Crippen molar-refractivity contribution >= 4 is 26.7 Å². The fourth-order valence-corrected chi connectivity index (χ4v) is 5.03. The number of aromatic nitrogens is 2. The van der Waals surface area contributed by atoms with Crippen LogP contribution in [0.4, 0.5) is 5.82 Å². The number of nitrogens with two attached hydrogens (primary N) is 1. The normalized spacial score (nSPS) is 20.0. The number of benzene rings is 2. The fourth-order valence-electron chi connectivity index (χ4n) is 3.68. The van der Waals surface area contributed by atoms with E-state index in [1.54, 1.807) is 12.1 Å². The van der Waals surface area contributed by atoms with Gasteiger partial charge in [0.2, 0.25) is 10.0 Å². The van der Waals surface area contributed by atoms with Gasteiger partial charge in [-0.2, -0.15) is 5.10 Å². The first-order chi connectivity index (χ1) is 12.8. The number of aryl methyl sites for hydroxylation is 2. The van der Waals surface area contributed by atoms with Crippen molar-refractivity contribution in [2.24, 2.45) is 0 Å². The summed E-state index contributed by atoms with van der Waals surface area (Å²) in [6.45, 7) is 3.88. The Bertz CT molecular complexity index is 1130. The number of rotatable bonds is 4. The minimum absolute atomic E-state index is 0.196. The van der Waals surface area contributed by atoms with Crippen LogP contribution in [-0.2, 0) is 10.0 Å². The second kappa shape index (κ2) is 6.33. The van der Waals surface area contributed by atoms with Gasteiger partial charge in [-0.15, -0.1) is 0 Å². The second-order valence-corrected chi connectivity index (χ2v) is 8.90. The zero-order chi connectivity index (χ0) is 19.3. The standard InChI is InChI=1S/C19H22N4O3S/c1-10-7-14(27(25,26)23-12-8-13(24)9-12)3-4-15(10)16-5-6-17-18(11(16)2)19(20)22-21-17/h3-7,12-13,23-24H,8-9H2,1-2H3,(H3,20,21,22). The maximum atomic E-state index is 12.6. The Morgan fingerprint density at radius 1 is 1.19 bits per heavy atom. The third-order valence-corrected chi connectivity index (χ3v) is 6.77. The van der Waals surface area contributed by atoms with Crippen molar-refractivity contribution < 1.29 is 13.5 Å². The average Bonchev–Trinajstić information content (AvgIpc) is 2.96. The molecule has 1 aliphatic carbocycles. The fraction of sp³-hybridized carbons (Fsp3) is 0.316. The second-order valence-electron chi connectivity index (χ2n) is 7.19. The number of anilines is 1. The number of hydrogen-bond donors (Lipinski definition) is 4. The van der Waals surface area contributed by atoms with E-state index in [4.69, 9.17) is 5.73 Å². The number of aromatic amines is 1. The molecule has 2 aromatic carbocycles. The third-order valence-electron chi connectivity index (χ3n) is 5.25. The van der Waals surface area contributed by atoms with Crippen LogP contribution in [0.1, 0.15) is 24.0 Å². The van der Waals surface area contributed by atoms with Crippen molar-refractivity contribution in [1.82, 2.24) is 14.9 Å². The maximum absolute atomic E-state index is 12.6. The van der Waals surface area contributed by atoms with Crippen LogP contribution in [0.2, 0.25) is 0 Å². The van der Waals surface area contributed by atoms with Crippen LogP contribution < -0.4 is 10.5 Å². The summed E-state index contributed by atoms with van der Waals surface area (Å²) in [5.41, 5.74) is 10.6. The number of nitrogens with zero attached hydrogens (tertiary/aromatic N) is 1. The van der Waals surface area contributed by atoms with Crippen molar-refractivity contribution in [2.45, 2.75) is 43.7 Å². The molecule has 1 aromatic heterocycles. The van der Waals surface area contributed by atoms with Gasteiger partial charge in [0, 0.05) is 11.4 Å². The number of fused-ring (bicyclic) bond motifs is 1. The number of nitrogen functional groups attached to an aromatic ring is 1.